The number of carbonyl (C=O) groups excluding carboxylic acids is 1. The molecule has 0 spiro atoms. The molecule has 92 valence electrons. The highest BCUT2D eigenvalue weighted by Crippen LogP contribution is 2.21. The first-order valence-electron chi connectivity index (χ1n) is 5.97. The number of carbonyl (C=O) groups is 1. The smallest absolute Gasteiger partial charge is 0.234 e. The fourth-order valence-corrected chi connectivity index (χ4v) is 2.71. The van der Waals surface area contributed by atoms with Gasteiger partial charge in [0, 0.05) is 26.2 Å². The highest BCUT2D eigenvalue weighted by atomic mass is 16.3. The number of piperidine rings is 1. The molecule has 0 radical (unpaired) electrons. The van der Waals surface area contributed by atoms with Gasteiger partial charge in [0.15, 0.2) is 0 Å². The third-order valence-electron chi connectivity index (χ3n) is 3.38. The Balaban J connectivity index is 1.89. The molecule has 0 aromatic carbocycles. The predicted octanol–water partition coefficient (Wildman–Crippen LogP) is -1.13. The second kappa shape index (κ2) is 4.69. The lowest BCUT2D eigenvalue weighted by Crippen LogP contribution is -2.57. The summed E-state index contributed by atoms with van der Waals surface area (Å²) in [6.45, 7) is 4.35. The minimum absolute atomic E-state index is 0.0685. The van der Waals surface area contributed by atoms with Gasteiger partial charge in [-0.05, 0) is 26.4 Å². The summed E-state index contributed by atoms with van der Waals surface area (Å²) < 4.78 is 0. The Morgan fingerprint density at radius 3 is 3.00 bits per heavy atom. The average molecular weight is 227 g/mol. The zero-order chi connectivity index (χ0) is 11.6. The van der Waals surface area contributed by atoms with E-state index < -0.39 is 5.60 Å². The minimum atomic E-state index is -0.634. The Morgan fingerprint density at radius 2 is 2.31 bits per heavy atom. The highest BCUT2D eigenvalue weighted by Gasteiger charge is 2.34. The van der Waals surface area contributed by atoms with Crippen molar-refractivity contribution in [3.05, 3.63) is 0 Å². The second-order valence-corrected chi connectivity index (χ2v) is 5.13. The SMILES string of the molecule is CN1CCC[C@](O)(CN2CCNC(=O)C2)C1. The van der Waals surface area contributed by atoms with Crippen molar-refractivity contribution in [1.29, 1.82) is 0 Å². The largest absolute Gasteiger partial charge is 0.387 e. The van der Waals surface area contributed by atoms with E-state index in [1.54, 1.807) is 0 Å². The van der Waals surface area contributed by atoms with Crippen LogP contribution in [-0.4, -0.2) is 72.7 Å². The van der Waals surface area contributed by atoms with Crippen LogP contribution in [0.3, 0.4) is 0 Å². The summed E-state index contributed by atoms with van der Waals surface area (Å²) in [4.78, 5) is 15.5. The van der Waals surface area contributed by atoms with Crippen LogP contribution >= 0.6 is 0 Å². The molecule has 1 amide bonds. The van der Waals surface area contributed by atoms with Crippen LogP contribution in [0, 0.1) is 0 Å². The number of likely N-dealkylation sites (tertiary alicyclic amines) is 1. The number of β-amino-alcohol motifs (C(OH)–C–C–N with tert-alkyl or cyclic N) is 1. The highest BCUT2D eigenvalue weighted by molar-refractivity contribution is 5.78. The second-order valence-electron chi connectivity index (χ2n) is 5.13. The molecule has 0 aromatic heterocycles. The van der Waals surface area contributed by atoms with E-state index in [1.807, 2.05) is 7.05 Å². The third kappa shape index (κ3) is 2.93. The predicted molar refractivity (Wildman–Crippen MR) is 61.1 cm³/mol. The Morgan fingerprint density at radius 1 is 1.50 bits per heavy atom. The topological polar surface area (TPSA) is 55.8 Å². The lowest BCUT2D eigenvalue weighted by Gasteiger charge is -2.41. The number of amides is 1. The van der Waals surface area contributed by atoms with Gasteiger partial charge >= 0.3 is 0 Å². The van der Waals surface area contributed by atoms with E-state index in [4.69, 9.17) is 0 Å². The number of nitrogens with zero attached hydrogens (tertiary/aromatic N) is 2. The molecule has 0 saturated carbocycles. The van der Waals surface area contributed by atoms with Gasteiger partial charge in [-0.1, -0.05) is 0 Å². The maximum absolute atomic E-state index is 11.2. The molecule has 1 atom stereocenters. The van der Waals surface area contributed by atoms with Gasteiger partial charge < -0.3 is 15.3 Å². The molecule has 2 aliphatic heterocycles. The Kier molecular flexibility index (Phi) is 3.47. The van der Waals surface area contributed by atoms with E-state index in [9.17, 15) is 9.90 Å². The Labute approximate surface area is 96.4 Å². The normalized spacial score (nSPS) is 33.8. The number of hydrogen-bond acceptors (Lipinski definition) is 4. The van der Waals surface area contributed by atoms with Gasteiger partial charge in [0.1, 0.15) is 0 Å². The summed E-state index contributed by atoms with van der Waals surface area (Å²) in [6, 6.07) is 0. The van der Waals surface area contributed by atoms with Crippen molar-refractivity contribution in [2.45, 2.75) is 18.4 Å². The van der Waals surface area contributed by atoms with Crippen LogP contribution in [0.15, 0.2) is 0 Å². The van der Waals surface area contributed by atoms with Crippen molar-refractivity contribution >= 4 is 5.91 Å². The molecule has 0 unspecified atom stereocenters. The van der Waals surface area contributed by atoms with Crippen molar-refractivity contribution in [1.82, 2.24) is 15.1 Å². The van der Waals surface area contributed by atoms with Gasteiger partial charge in [0.2, 0.25) is 5.91 Å². The van der Waals surface area contributed by atoms with Gasteiger partial charge in [-0.15, -0.1) is 0 Å². The molecule has 16 heavy (non-hydrogen) atoms. The first-order chi connectivity index (χ1) is 7.57. The van der Waals surface area contributed by atoms with Gasteiger partial charge in [-0.25, -0.2) is 0 Å². The zero-order valence-electron chi connectivity index (χ0n) is 9.91. The molecular formula is C11H21N3O2. The fourth-order valence-electron chi connectivity index (χ4n) is 2.71. The number of rotatable bonds is 2. The van der Waals surface area contributed by atoms with Crippen LogP contribution in [0.1, 0.15) is 12.8 Å². The molecule has 0 aliphatic carbocycles. The molecule has 2 fully saturated rings. The first kappa shape index (κ1) is 11.8. The maximum atomic E-state index is 11.2. The fraction of sp³-hybridized carbons (Fsp3) is 0.909. The Hall–Kier alpha value is -0.650. The van der Waals surface area contributed by atoms with Crippen molar-refractivity contribution in [3.8, 4) is 0 Å². The number of nitrogens with one attached hydrogen (secondary N) is 1. The number of likely N-dealkylation sites (N-methyl/N-ethyl adjacent to an activating group) is 1. The zero-order valence-corrected chi connectivity index (χ0v) is 9.91. The molecule has 5 nitrogen and oxygen atoms in total. The molecule has 2 rings (SSSR count). The van der Waals surface area contributed by atoms with Crippen LogP contribution < -0.4 is 5.32 Å². The van der Waals surface area contributed by atoms with E-state index in [2.05, 4.69) is 15.1 Å². The summed E-state index contributed by atoms with van der Waals surface area (Å²) in [5.41, 5.74) is -0.634. The molecule has 2 saturated heterocycles. The number of hydrogen-bond donors (Lipinski definition) is 2. The molecule has 2 N–H and O–H groups in total. The summed E-state index contributed by atoms with van der Waals surface area (Å²) in [6.07, 6.45) is 1.88. The van der Waals surface area contributed by atoms with Gasteiger partial charge in [0.25, 0.3) is 0 Å². The van der Waals surface area contributed by atoms with Crippen molar-refractivity contribution in [2.75, 3.05) is 46.3 Å². The molecule has 0 aromatic rings. The van der Waals surface area contributed by atoms with E-state index in [0.29, 0.717) is 26.2 Å². The molecular weight excluding hydrogens is 206 g/mol. The van der Waals surface area contributed by atoms with Gasteiger partial charge in [-0.2, -0.15) is 0 Å². The minimum Gasteiger partial charge on any atom is -0.387 e. The molecule has 0 bridgehead atoms. The van der Waals surface area contributed by atoms with Crippen molar-refractivity contribution in [2.24, 2.45) is 0 Å². The molecule has 2 aliphatic rings. The van der Waals surface area contributed by atoms with E-state index in [-0.39, 0.29) is 5.91 Å². The first-order valence-corrected chi connectivity index (χ1v) is 5.97. The summed E-state index contributed by atoms with van der Waals surface area (Å²) >= 11 is 0. The van der Waals surface area contributed by atoms with Crippen molar-refractivity contribution < 1.29 is 9.90 Å². The molecule has 5 heteroatoms. The van der Waals surface area contributed by atoms with Crippen molar-refractivity contribution in [3.63, 3.8) is 0 Å². The van der Waals surface area contributed by atoms with E-state index in [0.717, 1.165) is 25.9 Å². The van der Waals surface area contributed by atoms with Crippen LogP contribution in [0.5, 0.6) is 0 Å². The van der Waals surface area contributed by atoms with E-state index >= 15 is 0 Å². The summed E-state index contributed by atoms with van der Waals surface area (Å²) in [5.74, 6) is 0.0685. The summed E-state index contributed by atoms with van der Waals surface area (Å²) in [5, 5.41) is 13.3. The van der Waals surface area contributed by atoms with Gasteiger partial charge in [0.05, 0.1) is 12.1 Å². The third-order valence-corrected chi connectivity index (χ3v) is 3.38. The quantitative estimate of drug-likeness (QED) is 0.627. The van der Waals surface area contributed by atoms with Crippen LogP contribution in [0.4, 0.5) is 0 Å². The average Bonchev–Trinajstić information content (AvgIpc) is 2.16. The van der Waals surface area contributed by atoms with E-state index in [1.165, 1.54) is 0 Å². The van der Waals surface area contributed by atoms with Gasteiger partial charge in [-0.3, -0.25) is 9.69 Å². The lowest BCUT2D eigenvalue weighted by molar-refractivity contribution is -0.126. The van der Waals surface area contributed by atoms with Crippen LogP contribution in [0.25, 0.3) is 0 Å². The monoisotopic (exact) mass is 227 g/mol. The standard InChI is InChI=1S/C11H21N3O2/c1-13-5-2-3-11(16,8-13)9-14-6-4-12-10(15)7-14/h16H,2-9H2,1H3,(H,12,15)/t11-/m1/s1. The van der Waals surface area contributed by atoms with Crippen LogP contribution in [-0.2, 0) is 4.79 Å². The Bertz CT molecular complexity index is 272. The summed E-state index contributed by atoms with van der Waals surface area (Å²) in [7, 11) is 2.03. The lowest BCUT2D eigenvalue weighted by atomic mass is 9.92. The number of aliphatic hydroxyl groups is 1. The molecule has 2 heterocycles. The number of piperazine rings is 1. The van der Waals surface area contributed by atoms with Crippen LogP contribution in [0.2, 0.25) is 0 Å². The maximum Gasteiger partial charge on any atom is 0.234 e.